The predicted octanol–water partition coefficient (Wildman–Crippen LogP) is 4.74. The zero-order valence-electron chi connectivity index (χ0n) is 23.5. The molecule has 5 rings (SSSR count). The minimum absolute atomic E-state index is 0.0581. The van der Waals surface area contributed by atoms with Crippen LogP contribution in [0, 0.1) is 5.92 Å². The molecule has 2 fully saturated rings. The highest BCUT2D eigenvalue weighted by Gasteiger charge is 2.23. The van der Waals surface area contributed by atoms with E-state index in [-0.39, 0.29) is 5.91 Å². The van der Waals surface area contributed by atoms with Crippen molar-refractivity contribution in [2.45, 2.75) is 25.9 Å². The number of benzene rings is 2. The second-order valence-electron chi connectivity index (χ2n) is 10.8. The quantitative estimate of drug-likeness (QED) is 0.347. The van der Waals surface area contributed by atoms with E-state index in [1.54, 1.807) is 13.2 Å². The molecule has 0 N–H and O–H groups in total. The Hall–Kier alpha value is -3.68. The Kier molecular flexibility index (Phi) is 9.82. The molecule has 2 saturated heterocycles. The zero-order valence-corrected chi connectivity index (χ0v) is 23.5. The van der Waals surface area contributed by atoms with Gasteiger partial charge in [0, 0.05) is 76.7 Å². The highest BCUT2D eigenvalue weighted by atomic mass is 16.5. The Balaban J connectivity index is 1.02. The van der Waals surface area contributed by atoms with Crippen molar-refractivity contribution in [1.82, 2.24) is 19.7 Å². The van der Waals surface area contributed by atoms with Crippen LogP contribution in [0.4, 0.5) is 0 Å². The Labute approximate surface area is 238 Å². The molecule has 1 aromatic heterocycles. The summed E-state index contributed by atoms with van der Waals surface area (Å²) in [6, 6.07) is 20.4. The number of nitrogens with zero attached hydrogens (tertiary/aromatic N) is 4. The number of amides is 1. The van der Waals surface area contributed by atoms with Gasteiger partial charge in [-0.3, -0.25) is 19.6 Å². The van der Waals surface area contributed by atoms with Crippen molar-refractivity contribution >= 4 is 12.0 Å². The number of pyridine rings is 1. The molecule has 2 aliphatic heterocycles. The normalized spacial score (nSPS) is 18.6. The molecule has 1 amide bonds. The van der Waals surface area contributed by atoms with Gasteiger partial charge in [-0.2, -0.15) is 0 Å². The second kappa shape index (κ2) is 14.1. The fourth-order valence-corrected chi connectivity index (χ4v) is 5.41. The Bertz CT molecular complexity index is 1220. The molecule has 1 atom stereocenters. The van der Waals surface area contributed by atoms with Crippen LogP contribution in [-0.4, -0.2) is 78.6 Å². The molecule has 0 unspecified atom stereocenters. The van der Waals surface area contributed by atoms with Crippen LogP contribution in [0.2, 0.25) is 0 Å². The monoisotopic (exact) mass is 540 g/mol. The van der Waals surface area contributed by atoms with E-state index in [4.69, 9.17) is 9.47 Å². The number of likely N-dealkylation sites (tertiary alicyclic amines) is 1. The summed E-state index contributed by atoms with van der Waals surface area (Å²) in [4.78, 5) is 24.0. The molecule has 0 radical (unpaired) electrons. The fourth-order valence-electron chi connectivity index (χ4n) is 5.41. The SMILES string of the molecule is COc1ccc(/C=C/C(=O)N2CCC[C@H](COc3ccc(CN4CCN(Cc5cccnc5)CC4)cc3)C2)cc1. The molecule has 40 heavy (non-hydrogen) atoms. The lowest BCUT2D eigenvalue weighted by molar-refractivity contribution is -0.127. The maximum Gasteiger partial charge on any atom is 0.246 e. The van der Waals surface area contributed by atoms with E-state index in [1.807, 2.05) is 53.7 Å². The first-order chi connectivity index (χ1) is 19.6. The molecule has 0 bridgehead atoms. The van der Waals surface area contributed by atoms with Crippen LogP contribution in [-0.2, 0) is 17.9 Å². The van der Waals surface area contributed by atoms with E-state index in [1.165, 1.54) is 11.1 Å². The maximum atomic E-state index is 12.8. The first-order valence-electron chi connectivity index (χ1n) is 14.3. The van der Waals surface area contributed by atoms with Gasteiger partial charge in [0.2, 0.25) is 5.91 Å². The molecule has 2 aliphatic rings. The molecule has 0 saturated carbocycles. The molecule has 7 heteroatoms. The summed E-state index contributed by atoms with van der Waals surface area (Å²) in [5, 5.41) is 0. The number of hydrogen-bond acceptors (Lipinski definition) is 6. The van der Waals surface area contributed by atoms with E-state index >= 15 is 0 Å². The minimum atomic E-state index is 0.0581. The third-order valence-corrected chi connectivity index (χ3v) is 7.77. The number of hydrogen-bond donors (Lipinski definition) is 0. The van der Waals surface area contributed by atoms with Crippen molar-refractivity contribution in [3.63, 3.8) is 0 Å². The molecule has 3 aromatic rings. The number of aromatic nitrogens is 1. The van der Waals surface area contributed by atoms with Gasteiger partial charge in [0.15, 0.2) is 0 Å². The average Bonchev–Trinajstić information content (AvgIpc) is 3.01. The lowest BCUT2D eigenvalue weighted by Crippen LogP contribution is -2.45. The van der Waals surface area contributed by atoms with Crippen molar-refractivity contribution in [1.29, 1.82) is 0 Å². The van der Waals surface area contributed by atoms with Gasteiger partial charge in [-0.1, -0.05) is 30.3 Å². The van der Waals surface area contributed by atoms with Crippen LogP contribution in [0.1, 0.15) is 29.5 Å². The summed E-state index contributed by atoms with van der Waals surface area (Å²) in [6.45, 7) is 8.40. The lowest BCUT2D eigenvalue weighted by atomic mass is 9.99. The summed E-state index contributed by atoms with van der Waals surface area (Å²) in [6.07, 6.45) is 9.41. The molecular formula is C33H40N4O3. The smallest absolute Gasteiger partial charge is 0.246 e. The van der Waals surface area contributed by atoms with Crippen LogP contribution < -0.4 is 9.47 Å². The highest BCUT2D eigenvalue weighted by molar-refractivity contribution is 5.91. The first kappa shape index (κ1) is 27.9. The van der Waals surface area contributed by atoms with E-state index in [9.17, 15) is 4.79 Å². The van der Waals surface area contributed by atoms with Gasteiger partial charge in [-0.05, 0) is 65.9 Å². The molecule has 7 nitrogen and oxygen atoms in total. The van der Waals surface area contributed by atoms with Crippen LogP contribution in [0.3, 0.4) is 0 Å². The number of rotatable bonds is 10. The van der Waals surface area contributed by atoms with Gasteiger partial charge < -0.3 is 14.4 Å². The average molecular weight is 541 g/mol. The number of piperazine rings is 1. The summed E-state index contributed by atoms with van der Waals surface area (Å²) >= 11 is 0. The standard InChI is InChI=1S/C33H40N4O3/c1-39-31-11-6-27(7-12-31)10-15-33(38)37-17-3-5-30(25-37)26-40-32-13-8-28(9-14-32)23-35-18-20-36(21-19-35)24-29-4-2-16-34-22-29/h2,4,6-16,22,30H,3,5,17-21,23-26H2,1H3/b15-10+/t30-/m0/s1. The number of carbonyl (C=O) groups is 1. The van der Waals surface area contributed by atoms with Crippen LogP contribution in [0.5, 0.6) is 11.5 Å². The highest BCUT2D eigenvalue weighted by Crippen LogP contribution is 2.21. The van der Waals surface area contributed by atoms with Gasteiger partial charge in [0.1, 0.15) is 11.5 Å². The van der Waals surface area contributed by atoms with Crippen molar-refractivity contribution < 1.29 is 14.3 Å². The second-order valence-corrected chi connectivity index (χ2v) is 10.8. The van der Waals surface area contributed by atoms with Crippen LogP contribution in [0.25, 0.3) is 6.08 Å². The first-order valence-corrected chi connectivity index (χ1v) is 14.3. The minimum Gasteiger partial charge on any atom is -0.497 e. The number of methoxy groups -OCH3 is 1. The Morgan fingerprint density at radius 1 is 0.900 bits per heavy atom. The van der Waals surface area contributed by atoms with Gasteiger partial charge in [-0.15, -0.1) is 0 Å². The molecular weight excluding hydrogens is 500 g/mol. The van der Waals surface area contributed by atoms with Crippen LogP contribution in [0.15, 0.2) is 79.1 Å². The number of ether oxygens (including phenoxy) is 2. The lowest BCUT2D eigenvalue weighted by Gasteiger charge is -2.34. The number of piperidine rings is 1. The molecule has 210 valence electrons. The van der Waals surface area contributed by atoms with Gasteiger partial charge in [0.25, 0.3) is 0 Å². The maximum absolute atomic E-state index is 12.8. The van der Waals surface area contributed by atoms with E-state index < -0.39 is 0 Å². The molecule has 3 heterocycles. The number of carbonyl (C=O) groups excluding carboxylic acids is 1. The Morgan fingerprint density at radius 3 is 2.27 bits per heavy atom. The predicted molar refractivity (Wildman–Crippen MR) is 158 cm³/mol. The van der Waals surface area contributed by atoms with Crippen molar-refractivity contribution in [3.05, 3.63) is 95.8 Å². The summed E-state index contributed by atoms with van der Waals surface area (Å²) < 4.78 is 11.3. The Morgan fingerprint density at radius 2 is 1.60 bits per heavy atom. The van der Waals surface area contributed by atoms with Gasteiger partial charge in [-0.25, -0.2) is 0 Å². The van der Waals surface area contributed by atoms with E-state index in [2.05, 4.69) is 45.1 Å². The van der Waals surface area contributed by atoms with E-state index in [0.29, 0.717) is 12.5 Å². The zero-order chi connectivity index (χ0) is 27.6. The van der Waals surface area contributed by atoms with Crippen molar-refractivity contribution in [3.8, 4) is 11.5 Å². The summed E-state index contributed by atoms with van der Waals surface area (Å²) in [5.41, 5.74) is 3.57. The molecule has 0 spiro atoms. The van der Waals surface area contributed by atoms with E-state index in [0.717, 1.165) is 82.3 Å². The molecule has 0 aliphatic carbocycles. The topological polar surface area (TPSA) is 58.1 Å². The van der Waals surface area contributed by atoms with Gasteiger partial charge >= 0.3 is 0 Å². The van der Waals surface area contributed by atoms with Crippen LogP contribution >= 0.6 is 0 Å². The summed E-state index contributed by atoms with van der Waals surface area (Å²) in [5.74, 6) is 2.11. The van der Waals surface area contributed by atoms with Crippen molar-refractivity contribution in [2.24, 2.45) is 5.92 Å². The molecule has 2 aromatic carbocycles. The largest absolute Gasteiger partial charge is 0.497 e. The van der Waals surface area contributed by atoms with Gasteiger partial charge in [0.05, 0.1) is 13.7 Å². The third-order valence-electron chi connectivity index (χ3n) is 7.77. The van der Waals surface area contributed by atoms with Crippen molar-refractivity contribution in [2.75, 3.05) is 53.0 Å². The third kappa shape index (κ3) is 8.16. The fraction of sp³-hybridized carbons (Fsp3) is 0.394. The summed E-state index contributed by atoms with van der Waals surface area (Å²) in [7, 11) is 1.65.